The van der Waals surface area contributed by atoms with Crippen LogP contribution in [0.2, 0.25) is 0 Å². The molecule has 2 saturated carbocycles. The van der Waals surface area contributed by atoms with E-state index in [1.165, 1.54) is 0 Å². The van der Waals surface area contributed by atoms with Crippen LogP contribution in [-0.2, 0) is 14.2 Å². The standard InChI is InChI=1S/C21H36O5/c1-14-6-7-15-18(4)13-24-17(2,3)25-16(18)8-9-19(15,5)21(14)11-10-20(23,12-22)26-21/h14-16,22-23H,6-13H2,1-5H3. The van der Waals surface area contributed by atoms with E-state index in [4.69, 9.17) is 14.2 Å². The molecule has 1 spiro atoms. The van der Waals surface area contributed by atoms with Gasteiger partial charge >= 0.3 is 0 Å². The van der Waals surface area contributed by atoms with Crippen LogP contribution < -0.4 is 0 Å². The number of ether oxygens (including phenoxy) is 3. The van der Waals surface area contributed by atoms with Crippen LogP contribution in [-0.4, -0.2) is 46.7 Å². The Labute approximate surface area is 157 Å². The van der Waals surface area contributed by atoms with Gasteiger partial charge in [-0.2, -0.15) is 0 Å². The van der Waals surface area contributed by atoms with Gasteiger partial charge in [0.2, 0.25) is 0 Å². The van der Waals surface area contributed by atoms with Gasteiger partial charge in [0.05, 0.1) is 24.9 Å². The van der Waals surface area contributed by atoms with Gasteiger partial charge in [0.15, 0.2) is 11.6 Å². The van der Waals surface area contributed by atoms with Crippen molar-refractivity contribution in [2.45, 2.75) is 96.4 Å². The number of hydrogen-bond acceptors (Lipinski definition) is 5. The van der Waals surface area contributed by atoms with Gasteiger partial charge in [0, 0.05) is 17.3 Å². The van der Waals surface area contributed by atoms with Crippen LogP contribution in [0.3, 0.4) is 0 Å². The minimum Gasteiger partial charge on any atom is -0.391 e. The van der Waals surface area contributed by atoms with Crippen molar-refractivity contribution in [3.8, 4) is 0 Å². The lowest BCUT2D eigenvalue weighted by molar-refractivity contribution is -0.366. The van der Waals surface area contributed by atoms with Gasteiger partial charge in [-0.25, -0.2) is 0 Å². The van der Waals surface area contributed by atoms with Gasteiger partial charge in [-0.15, -0.1) is 0 Å². The minimum atomic E-state index is -1.39. The van der Waals surface area contributed by atoms with E-state index in [2.05, 4.69) is 20.8 Å². The van der Waals surface area contributed by atoms with Gasteiger partial charge in [-0.3, -0.25) is 0 Å². The Bertz CT molecular complexity index is 579. The molecule has 2 saturated heterocycles. The molecule has 0 bridgehead atoms. The van der Waals surface area contributed by atoms with Crippen molar-refractivity contribution < 1.29 is 24.4 Å². The molecule has 2 aliphatic heterocycles. The first kappa shape index (κ1) is 19.1. The molecule has 5 heteroatoms. The second kappa shape index (κ2) is 5.66. The average Bonchev–Trinajstić information content (AvgIpc) is 2.94. The summed E-state index contributed by atoms with van der Waals surface area (Å²) in [6.07, 6.45) is 5.76. The van der Waals surface area contributed by atoms with E-state index in [0.717, 1.165) is 32.1 Å². The zero-order valence-corrected chi connectivity index (χ0v) is 17.0. The maximum Gasteiger partial charge on any atom is 0.189 e. The van der Waals surface area contributed by atoms with Crippen molar-refractivity contribution in [3.05, 3.63) is 0 Å². The van der Waals surface area contributed by atoms with Crippen LogP contribution in [0.4, 0.5) is 0 Å². The van der Waals surface area contributed by atoms with Gasteiger partial charge in [0.25, 0.3) is 0 Å². The van der Waals surface area contributed by atoms with Crippen LogP contribution in [0, 0.1) is 22.7 Å². The van der Waals surface area contributed by atoms with E-state index in [-0.39, 0.29) is 29.1 Å². The molecule has 7 atom stereocenters. The van der Waals surface area contributed by atoms with Crippen molar-refractivity contribution in [2.75, 3.05) is 13.2 Å². The maximum atomic E-state index is 10.7. The zero-order valence-electron chi connectivity index (χ0n) is 17.0. The second-order valence-corrected chi connectivity index (χ2v) is 10.4. The molecule has 4 aliphatic rings. The summed E-state index contributed by atoms with van der Waals surface area (Å²) in [7, 11) is 0. The number of hydrogen-bond donors (Lipinski definition) is 2. The number of rotatable bonds is 1. The highest BCUT2D eigenvalue weighted by Gasteiger charge is 2.70. The molecule has 5 nitrogen and oxygen atoms in total. The van der Waals surface area contributed by atoms with E-state index < -0.39 is 11.6 Å². The molecular formula is C21H36O5. The summed E-state index contributed by atoms with van der Waals surface area (Å²) >= 11 is 0. The largest absolute Gasteiger partial charge is 0.391 e. The molecule has 26 heavy (non-hydrogen) atoms. The summed E-state index contributed by atoms with van der Waals surface area (Å²) in [4.78, 5) is 0. The first-order chi connectivity index (χ1) is 12.0. The van der Waals surface area contributed by atoms with Crippen LogP contribution >= 0.6 is 0 Å². The van der Waals surface area contributed by atoms with Crippen LogP contribution in [0.15, 0.2) is 0 Å². The molecular weight excluding hydrogens is 332 g/mol. The number of aliphatic hydroxyl groups excluding tert-OH is 1. The molecule has 0 aromatic carbocycles. The third-order valence-corrected chi connectivity index (χ3v) is 8.54. The second-order valence-electron chi connectivity index (χ2n) is 10.4. The average molecular weight is 369 g/mol. The fourth-order valence-electron chi connectivity index (χ4n) is 7.03. The first-order valence-electron chi connectivity index (χ1n) is 10.4. The molecule has 0 amide bonds. The van der Waals surface area contributed by atoms with Crippen molar-refractivity contribution in [1.29, 1.82) is 0 Å². The van der Waals surface area contributed by atoms with E-state index in [1.807, 2.05) is 13.8 Å². The van der Waals surface area contributed by atoms with Gasteiger partial charge < -0.3 is 24.4 Å². The van der Waals surface area contributed by atoms with E-state index in [9.17, 15) is 10.2 Å². The third-order valence-electron chi connectivity index (χ3n) is 8.54. The lowest BCUT2D eigenvalue weighted by atomic mass is 9.43. The van der Waals surface area contributed by atoms with Gasteiger partial charge in [-0.1, -0.05) is 20.8 Å². The van der Waals surface area contributed by atoms with Crippen molar-refractivity contribution in [2.24, 2.45) is 22.7 Å². The van der Waals surface area contributed by atoms with E-state index >= 15 is 0 Å². The van der Waals surface area contributed by atoms with Crippen molar-refractivity contribution >= 4 is 0 Å². The van der Waals surface area contributed by atoms with E-state index in [1.54, 1.807) is 0 Å². The fourth-order valence-corrected chi connectivity index (χ4v) is 7.03. The molecule has 0 aromatic rings. The monoisotopic (exact) mass is 368 g/mol. The number of fused-ring (bicyclic) bond motifs is 4. The Morgan fingerprint density at radius 3 is 2.38 bits per heavy atom. The SMILES string of the molecule is CC1CCC2C3(C)COC(C)(C)OC3CCC2(C)C12CCC(O)(CO)O2. The lowest BCUT2D eigenvalue weighted by Crippen LogP contribution is -2.69. The quantitative estimate of drug-likeness (QED) is 0.744. The lowest BCUT2D eigenvalue weighted by Gasteiger charge is -2.67. The predicted octanol–water partition coefficient (Wildman–Crippen LogP) is 3.22. The summed E-state index contributed by atoms with van der Waals surface area (Å²) in [5.41, 5.74) is -0.475. The predicted molar refractivity (Wildman–Crippen MR) is 97.3 cm³/mol. The molecule has 2 aliphatic carbocycles. The van der Waals surface area contributed by atoms with Crippen LogP contribution in [0.25, 0.3) is 0 Å². The third kappa shape index (κ3) is 2.40. The molecule has 2 heterocycles. The van der Waals surface area contributed by atoms with Crippen LogP contribution in [0.1, 0.15) is 73.1 Å². The highest BCUT2D eigenvalue weighted by Crippen LogP contribution is 2.68. The molecule has 4 fully saturated rings. The maximum absolute atomic E-state index is 10.7. The first-order valence-corrected chi connectivity index (χ1v) is 10.4. The van der Waals surface area contributed by atoms with Gasteiger partial charge in [-0.05, 0) is 57.8 Å². The smallest absolute Gasteiger partial charge is 0.189 e. The topological polar surface area (TPSA) is 68.2 Å². The molecule has 150 valence electrons. The Kier molecular flexibility index (Phi) is 4.17. The Morgan fingerprint density at radius 1 is 1.00 bits per heavy atom. The Morgan fingerprint density at radius 2 is 1.73 bits per heavy atom. The molecule has 0 aromatic heterocycles. The minimum absolute atomic E-state index is 0.0427. The van der Waals surface area contributed by atoms with Crippen LogP contribution in [0.5, 0.6) is 0 Å². The molecule has 0 radical (unpaired) electrons. The Balaban J connectivity index is 1.71. The number of aliphatic hydroxyl groups is 2. The molecule has 2 N–H and O–H groups in total. The van der Waals surface area contributed by atoms with Crippen molar-refractivity contribution in [3.63, 3.8) is 0 Å². The normalized spacial score (nSPS) is 56.2. The summed E-state index contributed by atoms with van der Waals surface area (Å²) in [6.45, 7) is 11.3. The fraction of sp³-hybridized carbons (Fsp3) is 1.00. The highest BCUT2D eigenvalue weighted by atomic mass is 16.7. The summed E-state index contributed by atoms with van der Waals surface area (Å²) in [6, 6.07) is 0. The molecule has 7 unspecified atom stereocenters. The van der Waals surface area contributed by atoms with E-state index in [0.29, 0.717) is 24.9 Å². The summed E-state index contributed by atoms with van der Waals surface area (Å²) in [5, 5.41) is 20.4. The Hall–Kier alpha value is -0.200. The van der Waals surface area contributed by atoms with Crippen molar-refractivity contribution in [1.82, 2.24) is 0 Å². The highest BCUT2D eigenvalue weighted by molar-refractivity contribution is 5.17. The molecule has 4 rings (SSSR count). The zero-order chi connectivity index (χ0) is 19.0. The van der Waals surface area contributed by atoms with Gasteiger partial charge in [0.1, 0.15) is 0 Å². The summed E-state index contributed by atoms with van der Waals surface area (Å²) < 4.78 is 18.9. The summed E-state index contributed by atoms with van der Waals surface area (Å²) in [5.74, 6) is -1.12.